The van der Waals surface area contributed by atoms with Gasteiger partial charge in [0, 0.05) is 36.8 Å². The minimum absolute atomic E-state index is 0.00190. The van der Waals surface area contributed by atoms with Gasteiger partial charge < -0.3 is 10.2 Å². The largest absolute Gasteiger partial charge is 0.339 e. The zero-order valence-corrected chi connectivity index (χ0v) is 17.7. The number of benzene rings is 1. The molecule has 0 radical (unpaired) electrons. The van der Waals surface area contributed by atoms with Crippen LogP contribution in [0.3, 0.4) is 0 Å². The standard InChI is InChI=1S/C24H24ClN3O2/c1-16-11-20(14-21(25)12-16)18-3-2-9-28(10-8-18)23(30)7-4-17-13-19-5-6-22(29)27-24(19)26-15-17/h3-4,7,11-15H,2,5-6,8-10H2,1H3,(H,26,27,29)/b7-4+. The van der Waals surface area contributed by atoms with E-state index in [1.807, 2.05) is 30.0 Å². The van der Waals surface area contributed by atoms with E-state index in [0.717, 1.165) is 40.1 Å². The molecule has 2 aliphatic rings. The number of fused-ring (bicyclic) bond motifs is 1. The van der Waals surface area contributed by atoms with E-state index in [0.29, 0.717) is 31.7 Å². The highest BCUT2D eigenvalue weighted by atomic mass is 35.5. The number of aromatic nitrogens is 1. The first kappa shape index (κ1) is 20.4. The van der Waals surface area contributed by atoms with Crippen molar-refractivity contribution in [1.82, 2.24) is 9.88 Å². The number of carbonyl (C=O) groups is 2. The van der Waals surface area contributed by atoms with Crippen molar-refractivity contribution in [2.45, 2.75) is 32.6 Å². The SMILES string of the molecule is Cc1cc(Cl)cc(C2=CCCN(C(=O)/C=C/c3cnc4c(c3)CCC(=O)N4)CC2)c1. The Morgan fingerprint density at radius 2 is 2.03 bits per heavy atom. The molecule has 0 atom stereocenters. The molecule has 0 bridgehead atoms. The summed E-state index contributed by atoms with van der Waals surface area (Å²) in [5.41, 5.74) is 5.38. The Labute approximate surface area is 181 Å². The van der Waals surface area contributed by atoms with Gasteiger partial charge in [-0.05, 0) is 78.3 Å². The van der Waals surface area contributed by atoms with Crippen molar-refractivity contribution in [1.29, 1.82) is 0 Å². The molecule has 3 heterocycles. The Morgan fingerprint density at radius 3 is 2.87 bits per heavy atom. The summed E-state index contributed by atoms with van der Waals surface area (Å²) in [6, 6.07) is 8.06. The zero-order chi connectivity index (χ0) is 21.1. The Morgan fingerprint density at radius 1 is 1.17 bits per heavy atom. The lowest BCUT2D eigenvalue weighted by Gasteiger charge is -2.19. The van der Waals surface area contributed by atoms with Crippen LogP contribution in [0.15, 0.2) is 42.6 Å². The molecule has 1 aromatic heterocycles. The first-order valence-corrected chi connectivity index (χ1v) is 10.6. The average Bonchev–Trinajstić information content (AvgIpc) is 2.97. The second-order valence-corrected chi connectivity index (χ2v) is 8.20. The molecule has 4 rings (SSSR count). The number of carbonyl (C=O) groups excluding carboxylic acids is 2. The van der Waals surface area contributed by atoms with E-state index in [-0.39, 0.29) is 11.8 Å². The molecule has 1 aromatic carbocycles. The van der Waals surface area contributed by atoms with Crippen LogP contribution in [0.1, 0.15) is 41.5 Å². The maximum absolute atomic E-state index is 12.7. The van der Waals surface area contributed by atoms with Crippen LogP contribution in [0.2, 0.25) is 5.02 Å². The second-order valence-electron chi connectivity index (χ2n) is 7.77. The molecule has 30 heavy (non-hydrogen) atoms. The first-order valence-electron chi connectivity index (χ1n) is 10.2. The summed E-state index contributed by atoms with van der Waals surface area (Å²) >= 11 is 6.21. The van der Waals surface area contributed by atoms with Crippen molar-refractivity contribution < 1.29 is 9.59 Å². The van der Waals surface area contributed by atoms with Gasteiger partial charge in [0.2, 0.25) is 11.8 Å². The van der Waals surface area contributed by atoms with Crippen molar-refractivity contribution in [3.8, 4) is 0 Å². The van der Waals surface area contributed by atoms with Gasteiger partial charge in [-0.1, -0.05) is 23.7 Å². The fourth-order valence-electron chi connectivity index (χ4n) is 3.91. The molecular formula is C24H24ClN3O2. The van der Waals surface area contributed by atoms with Crippen molar-refractivity contribution >= 4 is 40.9 Å². The van der Waals surface area contributed by atoms with Crippen LogP contribution >= 0.6 is 11.6 Å². The van der Waals surface area contributed by atoms with Gasteiger partial charge in [-0.2, -0.15) is 0 Å². The molecule has 0 fully saturated rings. The lowest BCUT2D eigenvalue weighted by molar-refractivity contribution is -0.125. The summed E-state index contributed by atoms with van der Waals surface area (Å²) in [5.74, 6) is 0.616. The van der Waals surface area contributed by atoms with Gasteiger partial charge >= 0.3 is 0 Å². The zero-order valence-electron chi connectivity index (χ0n) is 17.0. The fourth-order valence-corrected chi connectivity index (χ4v) is 4.20. The first-order chi connectivity index (χ1) is 14.5. The maximum atomic E-state index is 12.7. The van der Waals surface area contributed by atoms with Crippen molar-refractivity contribution in [2.24, 2.45) is 0 Å². The number of anilines is 1. The number of nitrogens with one attached hydrogen (secondary N) is 1. The van der Waals surface area contributed by atoms with Gasteiger partial charge in [-0.25, -0.2) is 4.98 Å². The quantitative estimate of drug-likeness (QED) is 0.734. The van der Waals surface area contributed by atoms with Crippen LogP contribution in [0.4, 0.5) is 5.82 Å². The molecule has 0 spiro atoms. The maximum Gasteiger partial charge on any atom is 0.246 e. The van der Waals surface area contributed by atoms with E-state index in [9.17, 15) is 9.59 Å². The summed E-state index contributed by atoms with van der Waals surface area (Å²) in [5, 5.41) is 3.51. The molecule has 2 amide bonds. The van der Waals surface area contributed by atoms with E-state index in [1.165, 1.54) is 5.57 Å². The number of amides is 2. The smallest absolute Gasteiger partial charge is 0.246 e. The predicted molar refractivity (Wildman–Crippen MR) is 120 cm³/mol. The lowest BCUT2D eigenvalue weighted by atomic mass is 10.0. The second kappa shape index (κ2) is 8.84. The summed E-state index contributed by atoms with van der Waals surface area (Å²) in [6.45, 7) is 3.41. The number of aryl methyl sites for hydroxylation is 2. The molecule has 0 saturated heterocycles. The third kappa shape index (κ3) is 4.79. The topological polar surface area (TPSA) is 62.3 Å². The molecule has 0 saturated carbocycles. The van der Waals surface area contributed by atoms with Gasteiger partial charge in [0.05, 0.1) is 0 Å². The van der Waals surface area contributed by atoms with E-state index >= 15 is 0 Å². The number of halogens is 1. The van der Waals surface area contributed by atoms with Gasteiger partial charge in [0.1, 0.15) is 5.82 Å². The number of rotatable bonds is 3. The third-order valence-electron chi connectivity index (χ3n) is 5.45. The third-order valence-corrected chi connectivity index (χ3v) is 5.67. The normalized spacial score (nSPS) is 16.7. The van der Waals surface area contributed by atoms with Crippen LogP contribution in [0.25, 0.3) is 11.6 Å². The number of hydrogen-bond acceptors (Lipinski definition) is 3. The fraction of sp³-hybridized carbons (Fsp3) is 0.292. The van der Waals surface area contributed by atoms with E-state index in [2.05, 4.69) is 22.4 Å². The highest BCUT2D eigenvalue weighted by Gasteiger charge is 2.17. The monoisotopic (exact) mass is 421 g/mol. The molecule has 5 nitrogen and oxygen atoms in total. The molecule has 0 aliphatic carbocycles. The molecule has 6 heteroatoms. The molecular weight excluding hydrogens is 398 g/mol. The van der Waals surface area contributed by atoms with Gasteiger partial charge in [-0.3, -0.25) is 9.59 Å². The minimum atomic E-state index is -0.00412. The number of nitrogens with zero attached hydrogens (tertiary/aromatic N) is 2. The van der Waals surface area contributed by atoms with Gasteiger partial charge in [0.15, 0.2) is 0 Å². The van der Waals surface area contributed by atoms with Gasteiger partial charge in [0.25, 0.3) is 0 Å². The molecule has 2 aromatic rings. The van der Waals surface area contributed by atoms with Crippen LogP contribution < -0.4 is 5.32 Å². The van der Waals surface area contributed by atoms with Crippen LogP contribution in [-0.2, 0) is 16.0 Å². The Hall–Kier alpha value is -2.92. The minimum Gasteiger partial charge on any atom is -0.339 e. The van der Waals surface area contributed by atoms with Crippen molar-refractivity contribution in [2.75, 3.05) is 18.4 Å². The van der Waals surface area contributed by atoms with Crippen molar-refractivity contribution in [3.05, 3.63) is 69.9 Å². The highest BCUT2D eigenvalue weighted by Crippen LogP contribution is 2.26. The Bertz CT molecular complexity index is 1040. The highest BCUT2D eigenvalue weighted by molar-refractivity contribution is 6.30. The molecule has 0 unspecified atom stereocenters. The summed E-state index contributed by atoms with van der Waals surface area (Å²) in [7, 11) is 0. The predicted octanol–water partition coefficient (Wildman–Crippen LogP) is 4.65. The van der Waals surface area contributed by atoms with Gasteiger partial charge in [-0.15, -0.1) is 0 Å². The van der Waals surface area contributed by atoms with Crippen molar-refractivity contribution in [3.63, 3.8) is 0 Å². The van der Waals surface area contributed by atoms with Crippen LogP contribution in [0, 0.1) is 6.92 Å². The summed E-state index contributed by atoms with van der Waals surface area (Å²) in [4.78, 5) is 30.4. The number of hydrogen-bond donors (Lipinski definition) is 1. The summed E-state index contributed by atoms with van der Waals surface area (Å²) < 4.78 is 0. The summed E-state index contributed by atoms with van der Waals surface area (Å²) in [6.07, 6.45) is 10.1. The van der Waals surface area contributed by atoms with Crippen LogP contribution in [0.5, 0.6) is 0 Å². The Kier molecular flexibility index (Phi) is 6.00. The molecule has 154 valence electrons. The average molecular weight is 422 g/mol. The Balaban J connectivity index is 1.40. The van der Waals surface area contributed by atoms with E-state index in [4.69, 9.17) is 11.6 Å². The number of pyridine rings is 1. The van der Waals surface area contributed by atoms with Crippen LogP contribution in [-0.4, -0.2) is 34.8 Å². The van der Waals surface area contributed by atoms with E-state index < -0.39 is 0 Å². The lowest BCUT2D eigenvalue weighted by Crippen LogP contribution is -2.30. The van der Waals surface area contributed by atoms with E-state index in [1.54, 1.807) is 18.3 Å². The molecule has 1 N–H and O–H groups in total. The molecule has 2 aliphatic heterocycles.